The van der Waals surface area contributed by atoms with Gasteiger partial charge in [-0.1, -0.05) is 176 Å². The van der Waals surface area contributed by atoms with E-state index in [4.69, 9.17) is 0 Å². The fraction of sp³-hybridized carbons (Fsp3) is 0. The first-order valence-corrected chi connectivity index (χ1v) is 20.9. The molecule has 0 aliphatic rings. The minimum absolute atomic E-state index is 1.10. The first-order chi connectivity index (χ1) is 30.3. The molecule has 0 amide bonds. The molecule has 3 aromatic heterocycles. The Kier molecular flexibility index (Phi) is 8.17. The van der Waals surface area contributed by atoms with Crippen molar-refractivity contribution in [3.8, 4) is 61.8 Å². The average molecular weight is 778 g/mol. The molecule has 0 radical (unpaired) electrons. The van der Waals surface area contributed by atoms with Crippen LogP contribution in [0.2, 0.25) is 0 Å². The third kappa shape index (κ3) is 5.59. The Bertz CT molecular complexity index is 3210. The number of hydrogen-bond acceptors (Lipinski definition) is 0. The van der Waals surface area contributed by atoms with E-state index in [1.54, 1.807) is 0 Å². The second kappa shape index (κ2) is 14.3. The summed E-state index contributed by atoms with van der Waals surface area (Å²) in [6.07, 6.45) is 0. The van der Waals surface area contributed by atoms with Crippen LogP contribution in [-0.2, 0) is 0 Å². The molecule has 0 bridgehead atoms. The molecule has 3 heteroatoms. The maximum atomic E-state index is 2.50. The van der Waals surface area contributed by atoms with Gasteiger partial charge in [-0.05, 0) is 82.9 Å². The van der Waals surface area contributed by atoms with Crippen molar-refractivity contribution in [1.82, 2.24) is 13.7 Å². The molecular formula is C58H39N3. The van der Waals surface area contributed by atoms with Crippen molar-refractivity contribution >= 4 is 43.6 Å². The lowest BCUT2D eigenvalue weighted by Gasteiger charge is -2.17. The SMILES string of the molecule is c1ccc(-c2c(-c3ccccc3)c(-c3ccc(-n4c5ccccc5c5ccccc54)cc3)n(-c3ccccc3)c2-c2ccc(-n3c4ccccc4c4ccccc43)cc2)cc1. The summed E-state index contributed by atoms with van der Waals surface area (Å²) in [5.41, 5.74) is 17.5. The molecule has 0 N–H and O–H groups in total. The van der Waals surface area contributed by atoms with E-state index in [-0.39, 0.29) is 0 Å². The van der Waals surface area contributed by atoms with Crippen molar-refractivity contribution < 1.29 is 0 Å². The van der Waals surface area contributed by atoms with Gasteiger partial charge in [0.1, 0.15) is 0 Å². The highest BCUT2D eigenvalue weighted by atomic mass is 15.0. The molecule has 0 atom stereocenters. The van der Waals surface area contributed by atoms with Crippen LogP contribution >= 0.6 is 0 Å². The molecule has 286 valence electrons. The van der Waals surface area contributed by atoms with E-state index in [0.29, 0.717) is 0 Å². The summed E-state index contributed by atoms with van der Waals surface area (Å²) in [5.74, 6) is 0. The predicted molar refractivity (Wildman–Crippen MR) is 256 cm³/mol. The van der Waals surface area contributed by atoms with Gasteiger partial charge in [0.15, 0.2) is 0 Å². The van der Waals surface area contributed by atoms with Crippen molar-refractivity contribution in [2.75, 3.05) is 0 Å². The van der Waals surface area contributed by atoms with Gasteiger partial charge in [-0.15, -0.1) is 0 Å². The van der Waals surface area contributed by atoms with Gasteiger partial charge in [-0.3, -0.25) is 0 Å². The molecule has 3 heterocycles. The minimum atomic E-state index is 1.10. The Morgan fingerprint density at radius 1 is 0.197 bits per heavy atom. The average Bonchev–Trinajstić information content (AvgIpc) is 3.99. The van der Waals surface area contributed by atoms with Crippen molar-refractivity contribution in [2.24, 2.45) is 0 Å². The molecular weight excluding hydrogens is 739 g/mol. The Balaban J connectivity index is 1.13. The maximum absolute atomic E-state index is 2.50. The van der Waals surface area contributed by atoms with E-state index in [9.17, 15) is 0 Å². The second-order valence-electron chi connectivity index (χ2n) is 15.7. The lowest BCUT2D eigenvalue weighted by molar-refractivity contribution is 1.09. The van der Waals surface area contributed by atoms with E-state index < -0.39 is 0 Å². The van der Waals surface area contributed by atoms with Crippen LogP contribution in [0.15, 0.2) is 237 Å². The molecule has 0 unspecified atom stereocenters. The number of fused-ring (bicyclic) bond motifs is 6. The predicted octanol–water partition coefficient (Wildman–Crippen LogP) is 15.3. The minimum Gasteiger partial charge on any atom is -0.309 e. The molecule has 0 fully saturated rings. The van der Waals surface area contributed by atoms with Crippen LogP contribution in [0, 0.1) is 0 Å². The van der Waals surface area contributed by atoms with Crippen molar-refractivity contribution in [3.05, 3.63) is 237 Å². The van der Waals surface area contributed by atoms with Gasteiger partial charge in [0, 0.05) is 49.7 Å². The zero-order valence-electron chi connectivity index (χ0n) is 33.4. The van der Waals surface area contributed by atoms with Crippen LogP contribution in [0.4, 0.5) is 0 Å². The highest BCUT2D eigenvalue weighted by Gasteiger charge is 2.28. The molecule has 3 nitrogen and oxygen atoms in total. The van der Waals surface area contributed by atoms with E-state index in [0.717, 1.165) is 39.6 Å². The van der Waals surface area contributed by atoms with Crippen molar-refractivity contribution in [2.45, 2.75) is 0 Å². The number of nitrogens with zero attached hydrogens (tertiary/aromatic N) is 3. The third-order valence-corrected chi connectivity index (χ3v) is 12.3. The smallest absolute Gasteiger partial charge is 0.0619 e. The lowest BCUT2D eigenvalue weighted by atomic mass is 9.91. The molecule has 12 rings (SSSR count). The number of hydrogen-bond donors (Lipinski definition) is 0. The van der Waals surface area contributed by atoms with Crippen molar-refractivity contribution in [1.29, 1.82) is 0 Å². The molecule has 0 aliphatic carbocycles. The fourth-order valence-corrected chi connectivity index (χ4v) is 9.66. The highest BCUT2D eigenvalue weighted by Crippen LogP contribution is 2.50. The van der Waals surface area contributed by atoms with Crippen LogP contribution in [0.1, 0.15) is 0 Å². The van der Waals surface area contributed by atoms with Gasteiger partial charge < -0.3 is 13.7 Å². The van der Waals surface area contributed by atoms with Gasteiger partial charge in [0.05, 0.1) is 33.5 Å². The summed E-state index contributed by atoms with van der Waals surface area (Å²) < 4.78 is 7.28. The van der Waals surface area contributed by atoms with Crippen LogP contribution in [0.25, 0.3) is 105 Å². The van der Waals surface area contributed by atoms with Gasteiger partial charge in [0.25, 0.3) is 0 Å². The van der Waals surface area contributed by atoms with Gasteiger partial charge in [-0.2, -0.15) is 0 Å². The number of benzene rings is 9. The van der Waals surface area contributed by atoms with E-state index in [2.05, 4.69) is 250 Å². The molecule has 9 aromatic carbocycles. The van der Waals surface area contributed by atoms with E-state index >= 15 is 0 Å². The largest absolute Gasteiger partial charge is 0.309 e. The Morgan fingerprint density at radius 2 is 0.475 bits per heavy atom. The molecule has 0 aliphatic heterocycles. The number of rotatable bonds is 7. The molecule has 0 spiro atoms. The fourth-order valence-electron chi connectivity index (χ4n) is 9.66. The van der Waals surface area contributed by atoms with Crippen LogP contribution < -0.4 is 0 Å². The zero-order valence-corrected chi connectivity index (χ0v) is 33.4. The molecule has 61 heavy (non-hydrogen) atoms. The maximum Gasteiger partial charge on any atom is 0.0619 e. The van der Waals surface area contributed by atoms with E-state index in [1.165, 1.54) is 65.9 Å². The summed E-state index contributed by atoms with van der Waals surface area (Å²) in [7, 11) is 0. The van der Waals surface area contributed by atoms with Gasteiger partial charge in [-0.25, -0.2) is 0 Å². The van der Waals surface area contributed by atoms with Gasteiger partial charge >= 0.3 is 0 Å². The Hall–Kier alpha value is -8.14. The monoisotopic (exact) mass is 777 g/mol. The summed E-state index contributed by atoms with van der Waals surface area (Å²) in [6, 6.07) is 85.9. The summed E-state index contributed by atoms with van der Waals surface area (Å²) in [6.45, 7) is 0. The highest BCUT2D eigenvalue weighted by molar-refractivity contribution is 6.10. The molecule has 12 aromatic rings. The topological polar surface area (TPSA) is 14.8 Å². The number of para-hydroxylation sites is 5. The number of aromatic nitrogens is 3. The summed E-state index contributed by atoms with van der Waals surface area (Å²) in [4.78, 5) is 0. The van der Waals surface area contributed by atoms with Crippen LogP contribution in [0.3, 0.4) is 0 Å². The zero-order chi connectivity index (χ0) is 40.3. The summed E-state index contributed by atoms with van der Waals surface area (Å²) in [5, 5.41) is 5.03. The van der Waals surface area contributed by atoms with Crippen molar-refractivity contribution in [3.63, 3.8) is 0 Å². The Morgan fingerprint density at radius 3 is 0.820 bits per heavy atom. The molecule has 0 saturated heterocycles. The normalized spacial score (nSPS) is 11.6. The van der Waals surface area contributed by atoms with E-state index in [1.807, 2.05) is 0 Å². The van der Waals surface area contributed by atoms with Gasteiger partial charge in [0.2, 0.25) is 0 Å². The first kappa shape index (κ1) is 34.9. The second-order valence-corrected chi connectivity index (χ2v) is 15.7. The molecule has 0 saturated carbocycles. The first-order valence-electron chi connectivity index (χ1n) is 20.9. The van der Waals surface area contributed by atoms with Crippen LogP contribution in [0.5, 0.6) is 0 Å². The third-order valence-electron chi connectivity index (χ3n) is 12.3. The van der Waals surface area contributed by atoms with Crippen LogP contribution in [-0.4, -0.2) is 13.7 Å². The quantitative estimate of drug-likeness (QED) is 0.153. The standard InChI is InChI=1S/C58H39N3/c1-4-18-40(19-5-1)55-56(41-20-6-2-7-21-41)58(43-34-38-46(39-35-43)60-53-30-16-12-26-49(53)50-27-13-17-31-54(50)60)61(44-22-8-3-9-23-44)57(55)42-32-36-45(37-33-42)59-51-28-14-10-24-47(51)48-25-11-15-29-52(48)59/h1-39H. The Labute approximate surface area is 354 Å². The summed E-state index contributed by atoms with van der Waals surface area (Å²) >= 11 is 0. The lowest BCUT2D eigenvalue weighted by Crippen LogP contribution is -2.01.